The molecule has 19 heavy (non-hydrogen) atoms. The van der Waals surface area contributed by atoms with Crippen LogP contribution in [0.1, 0.15) is 26.7 Å². The van der Waals surface area contributed by atoms with Crippen LogP contribution in [0, 0.1) is 5.92 Å². The Labute approximate surface area is 117 Å². The van der Waals surface area contributed by atoms with E-state index in [9.17, 15) is 14.4 Å². The smallest absolute Gasteiger partial charge is 0.326 e. The first-order valence-corrected chi connectivity index (χ1v) is 7.49. The zero-order chi connectivity index (χ0) is 14.8. The fraction of sp³-hybridized carbons (Fsp3) is 0.750. The van der Waals surface area contributed by atoms with Gasteiger partial charge in [0.05, 0.1) is 6.61 Å². The molecule has 6 nitrogen and oxygen atoms in total. The second-order valence-electron chi connectivity index (χ2n) is 4.10. The Morgan fingerprint density at radius 3 is 2.47 bits per heavy atom. The first-order valence-electron chi connectivity index (χ1n) is 6.10. The summed E-state index contributed by atoms with van der Waals surface area (Å²) in [7, 11) is 0. The number of thioether (sulfide) groups is 1. The van der Waals surface area contributed by atoms with Crippen molar-refractivity contribution in [3.8, 4) is 0 Å². The molecule has 1 amide bonds. The minimum atomic E-state index is -1.14. The Kier molecular flexibility index (Phi) is 9.03. The number of hydrogen-bond acceptors (Lipinski definition) is 5. The summed E-state index contributed by atoms with van der Waals surface area (Å²) in [4.78, 5) is 33.9. The molecule has 0 saturated carbocycles. The van der Waals surface area contributed by atoms with E-state index in [0.717, 1.165) is 0 Å². The highest BCUT2D eigenvalue weighted by Gasteiger charge is 2.23. The van der Waals surface area contributed by atoms with Gasteiger partial charge in [0.25, 0.3) is 0 Å². The van der Waals surface area contributed by atoms with Crippen LogP contribution >= 0.6 is 11.8 Å². The van der Waals surface area contributed by atoms with Gasteiger partial charge in [0.1, 0.15) is 6.04 Å². The van der Waals surface area contributed by atoms with Crippen molar-refractivity contribution in [1.29, 1.82) is 0 Å². The molecule has 110 valence electrons. The number of carboxylic acids is 1. The number of hydrogen-bond donors (Lipinski definition) is 2. The van der Waals surface area contributed by atoms with Crippen LogP contribution in [-0.2, 0) is 19.1 Å². The molecule has 2 atom stereocenters. The van der Waals surface area contributed by atoms with E-state index in [0.29, 0.717) is 5.75 Å². The van der Waals surface area contributed by atoms with Crippen LogP contribution in [0.3, 0.4) is 0 Å². The van der Waals surface area contributed by atoms with Gasteiger partial charge in [-0.1, -0.05) is 6.92 Å². The monoisotopic (exact) mass is 291 g/mol. The van der Waals surface area contributed by atoms with Gasteiger partial charge in [0.15, 0.2) is 0 Å². The Balaban J connectivity index is 4.30. The zero-order valence-corrected chi connectivity index (χ0v) is 12.3. The molecule has 2 N–H and O–H groups in total. The van der Waals surface area contributed by atoms with Crippen molar-refractivity contribution in [2.75, 3.05) is 18.6 Å². The van der Waals surface area contributed by atoms with E-state index in [-0.39, 0.29) is 31.3 Å². The molecule has 0 bridgehead atoms. The summed E-state index contributed by atoms with van der Waals surface area (Å²) >= 11 is 1.52. The normalized spacial score (nSPS) is 13.4. The summed E-state index contributed by atoms with van der Waals surface area (Å²) in [6.07, 6.45) is 1.88. The van der Waals surface area contributed by atoms with E-state index in [2.05, 4.69) is 5.32 Å². The summed E-state index contributed by atoms with van der Waals surface area (Å²) in [6.45, 7) is 3.67. The lowest BCUT2D eigenvalue weighted by atomic mass is 10.1. The van der Waals surface area contributed by atoms with E-state index in [1.165, 1.54) is 11.8 Å². The van der Waals surface area contributed by atoms with Crippen LogP contribution in [-0.4, -0.2) is 47.6 Å². The predicted molar refractivity (Wildman–Crippen MR) is 73.0 cm³/mol. The number of carbonyl (C=O) groups is 3. The lowest BCUT2D eigenvalue weighted by molar-refractivity contribution is -0.145. The van der Waals surface area contributed by atoms with Crippen LogP contribution in [0.2, 0.25) is 0 Å². The van der Waals surface area contributed by atoms with E-state index in [1.807, 2.05) is 6.26 Å². The van der Waals surface area contributed by atoms with Gasteiger partial charge < -0.3 is 15.2 Å². The number of carbonyl (C=O) groups excluding carboxylic acids is 2. The van der Waals surface area contributed by atoms with Crippen LogP contribution < -0.4 is 5.32 Å². The minimum Gasteiger partial charge on any atom is -0.480 e. The van der Waals surface area contributed by atoms with Gasteiger partial charge in [-0.15, -0.1) is 0 Å². The number of nitrogens with one attached hydrogen (secondary N) is 1. The van der Waals surface area contributed by atoms with Crippen LogP contribution in [0.5, 0.6) is 0 Å². The highest BCUT2D eigenvalue weighted by atomic mass is 32.2. The third-order valence-electron chi connectivity index (χ3n) is 2.42. The third kappa shape index (κ3) is 7.71. The summed E-state index contributed by atoms with van der Waals surface area (Å²) in [5, 5.41) is 11.4. The summed E-state index contributed by atoms with van der Waals surface area (Å²) in [5.74, 6) is -1.56. The van der Waals surface area contributed by atoms with Crippen molar-refractivity contribution in [3.63, 3.8) is 0 Å². The Hall–Kier alpha value is -1.24. The molecule has 0 rings (SSSR count). The summed E-state index contributed by atoms with van der Waals surface area (Å²) in [5.41, 5.74) is 0. The van der Waals surface area contributed by atoms with Gasteiger partial charge in [0.2, 0.25) is 5.91 Å². The topological polar surface area (TPSA) is 92.7 Å². The number of aliphatic carboxylic acids is 1. The van der Waals surface area contributed by atoms with Crippen LogP contribution in [0.25, 0.3) is 0 Å². The van der Waals surface area contributed by atoms with Crippen molar-refractivity contribution in [2.24, 2.45) is 5.92 Å². The average molecular weight is 291 g/mol. The number of esters is 1. The molecule has 0 heterocycles. The van der Waals surface area contributed by atoms with Gasteiger partial charge in [0, 0.05) is 18.1 Å². The highest BCUT2D eigenvalue weighted by Crippen LogP contribution is 2.07. The van der Waals surface area contributed by atoms with Crippen molar-refractivity contribution >= 4 is 29.6 Å². The third-order valence-corrected chi connectivity index (χ3v) is 3.25. The maximum absolute atomic E-state index is 11.7. The van der Waals surface area contributed by atoms with Gasteiger partial charge >= 0.3 is 11.9 Å². The van der Waals surface area contributed by atoms with Crippen molar-refractivity contribution < 1.29 is 24.2 Å². The Morgan fingerprint density at radius 2 is 2.00 bits per heavy atom. The fourth-order valence-corrected chi connectivity index (χ4v) is 2.04. The molecular weight excluding hydrogens is 270 g/mol. The summed E-state index contributed by atoms with van der Waals surface area (Å²) in [6, 6.07) is -1.05. The Morgan fingerprint density at radius 1 is 1.37 bits per heavy atom. The van der Waals surface area contributed by atoms with Crippen molar-refractivity contribution in [2.45, 2.75) is 32.7 Å². The quantitative estimate of drug-likeness (QED) is 0.613. The minimum absolute atomic E-state index is 0.0258. The fourth-order valence-electron chi connectivity index (χ4n) is 1.39. The largest absolute Gasteiger partial charge is 0.480 e. The van der Waals surface area contributed by atoms with E-state index in [1.54, 1.807) is 13.8 Å². The molecule has 7 heteroatoms. The first-order chi connectivity index (χ1) is 8.92. The van der Waals surface area contributed by atoms with Gasteiger partial charge in [-0.3, -0.25) is 9.59 Å². The maximum atomic E-state index is 11.7. The number of rotatable bonds is 9. The first kappa shape index (κ1) is 17.8. The van der Waals surface area contributed by atoms with E-state index in [4.69, 9.17) is 9.84 Å². The molecule has 0 fully saturated rings. The van der Waals surface area contributed by atoms with E-state index < -0.39 is 18.0 Å². The lowest BCUT2D eigenvalue weighted by Gasteiger charge is -2.17. The van der Waals surface area contributed by atoms with Crippen LogP contribution in [0.15, 0.2) is 0 Å². The second-order valence-corrected chi connectivity index (χ2v) is 5.01. The van der Waals surface area contributed by atoms with Gasteiger partial charge in [-0.25, -0.2) is 4.79 Å². The van der Waals surface area contributed by atoms with Crippen molar-refractivity contribution in [3.05, 3.63) is 0 Å². The Bertz CT molecular complexity index is 321. The lowest BCUT2D eigenvalue weighted by Crippen LogP contribution is -2.43. The molecule has 0 aromatic rings. The van der Waals surface area contributed by atoms with Crippen LogP contribution in [0.4, 0.5) is 0 Å². The number of amides is 1. The molecule has 0 spiro atoms. The molecule has 0 aliphatic rings. The SMILES string of the molecule is CCOC(=O)CC[C@H](NC(=O)C(C)CSC)C(=O)O. The second kappa shape index (κ2) is 9.66. The molecule has 1 unspecified atom stereocenters. The molecule has 0 aromatic heterocycles. The molecule has 0 radical (unpaired) electrons. The molecule has 0 saturated heterocycles. The molecule has 0 aliphatic carbocycles. The molecule has 0 aliphatic heterocycles. The average Bonchev–Trinajstić information content (AvgIpc) is 2.34. The van der Waals surface area contributed by atoms with Gasteiger partial charge in [-0.2, -0.15) is 11.8 Å². The maximum Gasteiger partial charge on any atom is 0.326 e. The summed E-state index contributed by atoms with van der Waals surface area (Å²) < 4.78 is 4.72. The molecular formula is C12H21NO5S. The number of ether oxygens (including phenoxy) is 1. The van der Waals surface area contributed by atoms with E-state index >= 15 is 0 Å². The highest BCUT2D eigenvalue weighted by molar-refractivity contribution is 7.98. The zero-order valence-electron chi connectivity index (χ0n) is 11.5. The predicted octanol–water partition coefficient (Wildman–Crippen LogP) is 0.898. The van der Waals surface area contributed by atoms with Gasteiger partial charge in [-0.05, 0) is 19.6 Å². The molecule has 0 aromatic carbocycles. The van der Waals surface area contributed by atoms with Crippen molar-refractivity contribution in [1.82, 2.24) is 5.32 Å². The standard InChI is InChI=1S/C12H21NO5S/c1-4-18-10(14)6-5-9(12(16)17)13-11(15)8(2)7-19-3/h8-9H,4-7H2,1-3H3,(H,13,15)(H,16,17)/t8?,9-/m0/s1. The number of carboxylic acid groups (broad SMARTS) is 1.